The lowest BCUT2D eigenvalue weighted by molar-refractivity contribution is -0.383. The molecule has 2 aromatic rings. The molecular formula is C13H15N5O3S. The van der Waals surface area contributed by atoms with E-state index in [1.54, 1.807) is 18.5 Å². The number of carbonyl (C=O) groups excluding carboxylic acids is 1. The Morgan fingerprint density at radius 3 is 2.86 bits per heavy atom. The zero-order valence-electron chi connectivity index (χ0n) is 12.1. The number of aromatic nitrogens is 3. The Balaban J connectivity index is 1.99. The first kappa shape index (κ1) is 16.0. The molecule has 0 radical (unpaired) electrons. The molecule has 9 heteroatoms. The summed E-state index contributed by atoms with van der Waals surface area (Å²) in [6.07, 6.45) is 1.60. The molecule has 116 valence electrons. The Labute approximate surface area is 131 Å². The molecule has 8 nitrogen and oxygen atoms in total. The summed E-state index contributed by atoms with van der Waals surface area (Å²) in [6, 6.07) is 6.21. The molecule has 0 atom stereocenters. The van der Waals surface area contributed by atoms with Gasteiger partial charge in [0.2, 0.25) is 5.91 Å². The van der Waals surface area contributed by atoms with Crippen molar-refractivity contribution in [2.75, 3.05) is 11.1 Å². The molecule has 1 aromatic heterocycles. The number of thioether (sulfide) groups is 1. The number of carbonyl (C=O) groups is 1. The summed E-state index contributed by atoms with van der Waals surface area (Å²) in [4.78, 5) is 22.3. The quantitative estimate of drug-likeness (QED) is 0.498. The minimum Gasteiger partial charge on any atom is -0.320 e. The highest BCUT2D eigenvalue weighted by atomic mass is 32.2. The van der Waals surface area contributed by atoms with Crippen molar-refractivity contribution in [2.45, 2.75) is 25.0 Å². The van der Waals surface area contributed by atoms with Crippen LogP contribution in [0.2, 0.25) is 0 Å². The lowest BCUT2D eigenvalue weighted by Crippen LogP contribution is -2.15. The zero-order valence-corrected chi connectivity index (χ0v) is 12.9. The maximum atomic E-state index is 12.0. The Kier molecular flexibility index (Phi) is 5.10. The second-order valence-electron chi connectivity index (χ2n) is 4.73. The predicted molar refractivity (Wildman–Crippen MR) is 82.9 cm³/mol. The van der Waals surface area contributed by atoms with E-state index in [2.05, 4.69) is 15.5 Å². The summed E-state index contributed by atoms with van der Waals surface area (Å²) in [5, 5.41) is 21.8. The van der Waals surface area contributed by atoms with Gasteiger partial charge in [-0.05, 0) is 19.9 Å². The number of para-hydroxylation sites is 2. The zero-order chi connectivity index (χ0) is 16.1. The molecule has 0 unspecified atom stereocenters. The molecule has 0 aliphatic heterocycles. The van der Waals surface area contributed by atoms with Crippen LogP contribution in [0.3, 0.4) is 0 Å². The van der Waals surface area contributed by atoms with Crippen LogP contribution < -0.4 is 5.32 Å². The van der Waals surface area contributed by atoms with Gasteiger partial charge in [0.1, 0.15) is 12.0 Å². The predicted octanol–water partition coefficient (Wildman–Crippen LogP) is 2.50. The fraction of sp³-hybridized carbons (Fsp3) is 0.308. The van der Waals surface area contributed by atoms with Gasteiger partial charge in [0.25, 0.3) is 5.69 Å². The molecule has 2 rings (SSSR count). The highest BCUT2D eigenvalue weighted by Crippen LogP contribution is 2.24. The van der Waals surface area contributed by atoms with Crippen LogP contribution in [0, 0.1) is 10.1 Å². The van der Waals surface area contributed by atoms with Gasteiger partial charge in [-0.15, -0.1) is 10.2 Å². The van der Waals surface area contributed by atoms with E-state index in [0.29, 0.717) is 5.16 Å². The van der Waals surface area contributed by atoms with E-state index in [9.17, 15) is 14.9 Å². The van der Waals surface area contributed by atoms with Gasteiger partial charge in [-0.3, -0.25) is 14.9 Å². The van der Waals surface area contributed by atoms with Crippen LogP contribution in [-0.4, -0.2) is 31.3 Å². The van der Waals surface area contributed by atoms with Crippen LogP contribution in [0.4, 0.5) is 11.4 Å². The summed E-state index contributed by atoms with van der Waals surface area (Å²) in [5.41, 5.74) is 0.0506. The van der Waals surface area contributed by atoms with Crippen molar-refractivity contribution in [3.8, 4) is 0 Å². The van der Waals surface area contributed by atoms with Gasteiger partial charge in [0, 0.05) is 12.1 Å². The van der Waals surface area contributed by atoms with Gasteiger partial charge < -0.3 is 9.88 Å². The Hall–Kier alpha value is -2.42. The third kappa shape index (κ3) is 3.82. The van der Waals surface area contributed by atoms with Gasteiger partial charge in [0.15, 0.2) is 5.16 Å². The maximum Gasteiger partial charge on any atom is 0.292 e. The third-order valence-corrected chi connectivity index (χ3v) is 3.76. The van der Waals surface area contributed by atoms with E-state index >= 15 is 0 Å². The van der Waals surface area contributed by atoms with Crippen molar-refractivity contribution in [2.24, 2.45) is 0 Å². The Bertz CT molecular complexity index is 686. The molecule has 1 heterocycles. The SMILES string of the molecule is CC(C)n1cnnc1SCC(=O)Nc1ccccc1[N+](=O)[O-]. The summed E-state index contributed by atoms with van der Waals surface area (Å²) >= 11 is 1.23. The molecule has 0 fully saturated rings. The average molecular weight is 321 g/mol. The lowest BCUT2D eigenvalue weighted by Gasteiger charge is -2.09. The third-order valence-electron chi connectivity index (χ3n) is 2.80. The van der Waals surface area contributed by atoms with Gasteiger partial charge in [-0.2, -0.15) is 0 Å². The topological polar surface area (TPSA) is 103 Å². The monoisotopic (exact) mass is 321 g/mol. The summed E-state index contributed by atoms with van der Waals surface area (Å²) < 4.78 is 1.85. The minimum absolute atomic E-state index is 0.0947. The highest BCUT2D eigenvalue weighted by molar-refractivity contribution is 7.99. The van der Waals surface area contributed by atoms with Crippen molar-refractivity contribution < 1.29 is 9.72 Å². The number of nitro groups is 1. The van der Waals surface area contributed by atoms with E-state index in [1.165, 1.54) is 23.9 Å². The smallest absolute Gasteiger partial charge is 0.292 e. The lowest BCUT2D eigenvalue weighted by atomic mass is 10.2. The van der Waals surface area contributed by atoms with Crippen LogP contribution in [0.15, 0.2) is 35.7 Å². The number of amides is 1. The fourth-order valence-electron chi connectivity index (χ4n) is 1.74. The molecule has 0 bridgehead atoms. The van der Waals surface area contributed by atoms with Gasteiger partial charge >= 0.3 is 0 Å². The second-order valence-corrected chi connectivity index (χ2v) is 5.67. The van der Waals surface area contributed by atoms with Crippen LogP contribution >= 0.6 is 11.8 Å². The Morgan fingerprint density at radius 1 is 1.45 bits per heavy atom. The number of rotatable bonds is 6. The molecule has 0 saturated carbocycles. The molecule has 0 aliphatic rings. The van der Waals surface area contributed by atoms with Crippen molar-refractivity contribution in [3.05, 3.63) is 40.7 Å². The minimum atomic E-state index is -0.530. The van der Waals surface area contributed by atoms with E-state index in [-0.39, 0.29) is 29.1 Å². The number of nitrogens with zero attached hydrogens (tertiary/aromatic N) is 4. The van der Waals surface area contributed by atoms with Gasteiger partial charge in [-0.25, -0.2) is 0 Å². The second kappa shape index (κ2) is 7.03. The van der Waals surface area contributed by atoms with Crippen LogP contribution in [0.5, 0.6) is 0 Å². The number of nitro benzene ring substituents is 1. The molecule has 0 aliphatic carbocycles. The van der Waals surface area contributed by atoms with Gasteiger partial charge in [-0.1, -0.05) is 23.9 Å². The first-order valence-electron chi connectivity index (χ1n) is 6.54. The number of hydrogen-bond donors (Lipinski definition) is 1. The molecule has 22 heavy (non-hydrogen) atoms. The van der Waals surface area contributed by atoms with Gasteiger partial charge in [0.05, 0.1) is 10.7 Å². The molecule has 1 N–H and O–H groups in total. The number of hydrogen-bond acceptors (Lipinski definition) is 6. The number of benzene rings is 1. The van der Waals surface area contributed by atoms with E-state index in [1.807, 2.05) is 18.4 Å². The summed E-state index contributed by atoms with van der Waals surface area (Å²) in [6.45, 7) is 3.97. The average Bonchev–Trinajstić information content (AvgIpc) is 2.94. The van der Waals surface area contributed by atoms with E-state index in [4.69, 9.17) is 0 Å². The summed E-state index contributed by atoms with van der Waals surface area (Å²) in [5.74, 6) is -0.241. The maximum absolute atomic E-state index is 12.0. The number of nitrogens with one attached hydrogen (secondary N) is 1. The van der Waals surface area contributed by atoms with Crippen molar-refractivity contribution in [1.29, 1.82) is 0 Å². The van der Waals surface area contributed by atoms with E-state index in [0.717, 1.165) is 0 Å². The number of anilines is 1. The molecule has 0 saturated heterocycles. The molecular weight excluding hydrogens is 306 g/mol. The first-order chi connectivity index (χ1) is 10.5. The standard InChI is InChI=1S/C13H15N5O3S/c1-9(2)17-8-14-16-13(17)22-7-12(19)15-10-5-3-4-6-11(10)18(20)21/h3-6,8-9H,7H2,1-2H3,(H,15,19). The first-order valence-corrected chi connectivity index (χ1v) is 7.53. The normalized spacial score (nSPS) is 10.7. The van der Waals surface area contributed by atoms with Crippen molar-refractivity contribution in [1.82, 2.24) is 14.8 Å². The van der Waals surface area contributed by atoms with E-state index < -0.39 is 4.92 Å². The molecule has 1 amide bonds. The van der Waals surface area contributed by atoms with Crippen LogP contribution in [0.25, 0.3) is 0 Å². The van der Waals surface area contributed by atoms with Crippen molar-refractivity contribution >= 4 is 29.0 Å². The van der Waals surface area contributed by atoms with Crippen LogP contribution in [0.1, 0.15) is 19.9 Å². The Morgan fingerprint density at radius 2 is 2.18 bits per heavy atom. The molecule has 1 aromatic carbocycles. The molecule has 0 spiro atoms. The highest BCUT2D eigenvalue weighted by Gasteiger charge is 2.16. The van der Waals surface area contributed by atoms with Crippen LogP contribution in [-0.2, 0) is 4.79 Å². The summed E-state index contributed by atoms with van der Waals surface area (Å²) in [7, 11) is 0. The largest absolute Gasteiger partial charge is 0.320 e. The van der Waals surface area contributed by atoms with Crippen molar-refractivity contribution in [3.63, 3.8) is 0 Å². The fourth-order valence-corrected chi connectivity index (χ4v) is 2.59.